The van der Waals surface area contributed by atoms with Gasteiger partial charge in [-0.25, -0.2) is 0 Å². The molecule has 1 aromatic carbocycles. The molecule has 1 aliphatic rings. The van der Waals surface area contributed by atoms with Crippen molar-refractivity contribution in [2.75, 3.05) is 20.1 Å². The first-order valence-electron chi connectivity index (χ1n) is 11.7. The number of nitrogens with one attached hydrogen (secondary N) is 1. The fourth-order valence-corrected chi connectivity index (χ4v) is 5.19. The molecule has 0 aliphatic carbocycles. The average Bonchev–Trinajstić information content (AvgIpc) is 3.29. The summed E-state index contributed by atoms with van der Waals surface area (Å²) in [6, 6.07) is 12.7. The van der Waals surface area contributed by atoms with Gasteiger partial charge in [0.25, 0.3) is 0 Å². The van der Waals surface area contributed by atoms with Gasteiger partial charge >= 0.3 is 0 Å². The second kappa shape index (κ2) is 12.2. The van der Waals surface area contributed by atoms with Crippen LogP contribution in [-0.4, -0.2) is 36.7 Å². The summed E-state index contributed by atoms with van der Waals surface area (Å²) >= 11 is 1.74. The van der Waals surface area contributed by atoms with Crippen LogP contribution in [0.5, 0.6) is 0 Å². The molecule has 1 fully saturated rings. The summed E-state index contributed by atoms with van der Waals surface area (Å²) in [5.41, 5.74) is 2.43. The molecule has 3 rings (SSSR count). The number of hydrogen-bond acceptors (Lipinski definition) is 4. The van der Waals surface area contributed by atoms with Crippen LogP contribution in [0.25, 0.3) is 11.1 Å². The third-order valence-corrected chi connectivity index (χ3v) is 7.37. The smallest absolute Gasteiger partial charge is 0.223 e. The van der Waals surface area contributed by atoms with Crippen LogP contribution in [0.15, 0.2) is 41.8 Å². The average molecular weight is 441 g/mol. The molecule has 0 spiro atoms. The number of amides is 1. The van der Waals surface area contributed by atoms with Crippen molar-refractivity contribution in [3.63, 3.8) is 0 Å². The van der Waals surface area contributed by atoms with E-state index in [2.05, 4.69) is 53.0 Å². The van der Waals surface area contributed by atoms with Gasteiger partial charge in [0.05, 0.1) is 6.04 Å². The first-order chi connectivity index (χ1) is 15.1. The zero-order valence-electron chi connectivity index (χ0n) is 18.9. The predicted octanol–water partition coefficient (Wildman–Crippen LogP) is 5.84. The number of ketones is 1. The van der Waals surface area contributed by atoms with Gasteiger partial charge in [0.15, 0.2) is 0 Å². The molecule has 1 atom stereocenters. The van der Waals surface area contributed by atoms with Crippen molar-refractivity contribution >= 4 is 23.0 Å². The molecule has 0 saturated carbocycles. The van der Waals surface area contributed by atoms with Crippen molar-refractivity contribution in [2.45, 2.75) is 64.3 Å². The fourth-order valence-electron chi connectivity index (χ4n) is 4.19. The molecule has 0 bridgehead atoms. The molecule has 5 heteroatoms. The molecule has 1 saturated heterocycles. The Labute approximate surface area is 191 Å². The predicted molar refractivity (Wildman–Crippen MR) is 129 cm³/mol. The summed E-state index contributed by atoms with van der Waals surface area (Å²) in [4.78, 5) is 28.1. The third kappa shape index (κ3) is 7.29. The highest BCUT2D eigenvalue weighted by Gasteiger charge is 2.26. The lowest BCUT2D eigenvalue weighted by Gasteiger charge is -2.29. The van der Waals surface area contributed by atoms with Crippen LogP contribution in [-0.2, 0) is 9.59 Å². The second-order valence-corrected chi connectivity index (χ2v) is 9.68. The Hall–Kier alpha value is -1.98. The molecule has 2 aromatic rings. The van der Waals surface area contributed by atoms with E-state index in [1.807, 2.05) is 13.0 Å². The number of nitrogens with zero attached hydrogens (tertiary/aromatic N) is 1. The van der Waals surface area contributed by atoms with E-state index in [9.17, 15) is 9.59 Å². The van der Waals surface area contributed by atoms with E-state index in [0.29, 0.717) is 18.6 Å². The van der Waals surface area contributed by atoms with E-state index in [1.54, 1.807) is 11.3 Å². The maximum Gasteiger partial charge on any atom is 0.223 e. The minimum atomic E-state index is 0.0523. The molecule has 31 heavy (non-hydrogen) atoms. The number of carbonyl (C=O) groups is 2. The molecule has 4 nitrogen and oxygen atoms in total. The van der Waals surface area contributed by atoms with Gasteiger partial charge in [0, 0.05) is 23.6 Å². The Morgan fingerprint density at radius 2 is 1.84 bits per heavy atom. The van der Waals surface area contributed by atoms with Gasteiger partial charge in [-0.1, -0.05) is 50.1 Å². The quantitative estimate of drug-likeness (QED) is 0.446. The number of likely N-dealkylation sites (tertiary alicyclic amines) is 1. The highest BCUT2D eigenvalue weighted by Crippen LogP contribution is 2.32. The molecule has 2 heterocycles. The Balaban J connectivity index is 1.63. The third-order valence-electron chi connectivity index (χ3n) is 6.32. The number of rotatable bonds is 11. The van der Waals surface area contributed by atoms with Crippen molar-refractivity contribution in [2.24, 2.45) is 5.92 Å². The SMILES string of the molecule is CCC(=O)CCCCCC(NC(=O)C1CCN(C)CC1)c1cc(-c2ccccc2)cs1. The molecule has 1 aliphatic heterocycles. The van der Waals surface area contributed by atoms with Gasteiger partial charge in [-0.05, 0) is 68.4 Å². The normalized spacial score (nSPS) is 16.2. The highest BCUT2D eigenvalue weighted by atomic mass is 32.1. The Morgan fingerprint density at radius 3 is 2.55 bits per heavy atom. The van der Waals surface area contributed by atoms with Gasteiger partial charge in [-0.2, -0.15) is 0 Å². The van der Waals surface area contributed by atoms with Gasteiger partial charge < -0.3 is 10.2 Å². The number of carbonyl (C=O) groups excluding carboxylic acids is 2. The summed E-state index contributed by atoms with van der Waals surface area (Å²) in [6.45, 7) is 3.91. The zero-order valence-corrected chi connectivity index (χ0v) is 19.8. The van der Waals surface area contributed by atoms with Gasteiger partial charge in [0.1, 0.15) is 5.78 Å². The maximum absolute atomic E-state index is 13.0. The minimum absolute atomic E-state index is 0.0523. The summed E-state index contributed by atoms with van der Waals surface area (Å²) in [5.74, 6) is 0.668. The molecule has 1 N–H and O–H groups in total. The van der Waals surface area contributed by atoms with Crippen LogP contribution in [0.2, 0.25) is 0 Å². The molecular formula is C26H36N2O2S. The molecule has 1 aromatic heterocycles. The summed E-state index contributed by atoms with van der Waals surface area (Å²) in [7, 11) is 2.12. The van der Waals surface area contributed by atoms with Crippen LogP contribution in [0.1, 0.15) is 69.2 Å². The highest BCUT2D eigenvalue weighted by molar-refractivity contribution is 7.10. The van der Waals surface area contributed by atoms with Crippen LogP contribution in [0, 0.1) is 5.92 Å². The van der Waals surface area contributed by atoms with Crippen molar-refractivity contribution in [3.8, 4) is 11.1 Å². The lowest BCUT2D eigenvalue weighted by atomic mass is 9.95. The first kappa shape index (κ1) is 23.7. The lowest BCUT2D eigenvalue weighted by Crippen LogP contribution is -2.40. The zero-order chi connectivity index (χ0) is 22.1. The Morgan fingerprint density at radius 1 is 1.10 bits per heavy atom. The number of unbranched alkanes of at least 4 members (excludes halogenated alkanes) is 2. The molecule has 1 unspecified atom stereocenters. The standard InChI is InChI=1S/C26H36N2O2S/c1-3-23(29)12-8-5-9-13-24(27-26(30)21-14-16-28(2)17-15-21)25-18-22(19-31-25)20-10-6-4-7-11-20/h4,6-7,10-11,18-19,21,24H,3,5,8-9,12-17H2,1-2H3,(H,27,30). The van der Waals surface area contributed by atoms with Crippen molar-refractivity contribution < 1.29 is 9.59 Å². The molecule has 1 amide bonds. The van der Waals surface area contributed by atoms with Gasteiger partial charge in [-0.15, -0.1) is 11.3 Å². The van der Waals surface area contributed by atoms with Gasteiger partial charge in [0.2, 0.25) is 5.91 Å². The van der Waals surface area contributed by atoms with Crippen molar-refractivity contribution in [1.29, 1.82) is 0 Å². The fraction of sp³-hybridized carbons (Fsp3) is 0.538. The topological polar surface area (TPSA) is 49.4 Å². The summed E-state index contributed by atoms with van der Waals surface area (Å²) < 4.78 is 0. The first-order valence-corrected chi connectivity index (χ1v) is 12.6. The molecular weight excluding hydrogens is 404 g/mol. The summed E-state index contributed by atoms with van der Waals surface area (Å²) in [5, 5.41) is 5.57. The van der Waals surface area contributed by atoms with Crippen LogP contribution in [0.3, 0.4) is 0 Å². The van der Waals surface area contributed by atoms with Crippen LogP contribution >= 0.6 is 11.3 Å². The molecule has 0 radical (unpaired) electrons. The van der Waals surface area contributed by atoms with Crippen molar-refractivity contribution in [1.82, 2.24) is 10.2 Å². The largest absolute Gasteiger partial charge is 0.348 e. The van der Waals surface area contributed by atoms with E-state index in [-0.39, 0.29) is 17.9 Å². The van der Waals surface area contributed by atoms with E-state index in [0.717, 1.165) is 51.6 Å². The van der Waals surface area contributed by atoms with E-state index < -0.39 is 0 Å². The van der Waals surface area contributed by atoms with E-state index in [4.69, 9.17) is 0 Å². The van der Waals surface area contributed by atoms with Crippen LogP contribution < -0.4 is 5.32 Å². The lowest BCUT2D eigenvalue weighted by molar-refractivity contribution is -0.127. The Kier molecular flexibility index (Phi) is 9.29. The number of thiophene rings is 1. The van der Waals surface area contributed by atoms with Gasteiger partial charge in [-0.3, -0.25) is 9.59 Å². The van der Waals surface area contributed by atoms with Crippen LogP contribution in [0.4, 0.5) is 0 Å². The molecule has 168 valence electrons. The maximum atomic E-state index is 13.0. The summed E-state index contributed by atoms with van der Waals surface area (Å²) in [6.07, 6.45) is 7.11. The second-order valence-electron chi connectivity index (χ2n) is 8.73. The van der Waals surface area contributed by atoms with E-state index in [1.165, 1.54) is 16.0 Å². The number of hydrogen-bond donors (Lipinski definition) is 1. The minimum Gasteiger partial charge on any atom is -0.348 e. The number of piperidine rings is 1. The number of benzene rings is 1. The Bertz CT molecular complexity index is 825. The number of Topliss-reactive ketones (excluding diaryl/α,β-unsaturated/α-hetero) is 1. The van der Waals surface area contributed by atoms with Crippen molar-refractivity contribution in [3.05, 3.63) is 46.7 Å². The van der Waals surface area contributed by atoms with E-state index >= 15 is 0 Å². The monoisotopic (exact) mass is 440 g/mol.